The van der Waals surface area contributed by atoms with Gasteiger partial charge in [-0.25, -0.2) is 13.2 Å². The minimum absolute atomic E-state index is 0.0120. The van der Waals surface area contributed by atoms with Crippen molar-refractivity contribution >= 4 is 33.4 Å². The van der Waals surface area contributed by atoms with E-state index in [4.69, 9.17) is 9.47 Å². The van der Waals surface area contributed by atoms with Gasteiger partial charge in [-0.2, -0.15) is 4.31 Å². The summed E-state index contributed by atoms with van der Waals surface area (Å²) in [6.07, 6.45) is 4.34. The van der Waals surface area contributed by atoms with Crippen LogP contribution in [0.5, 0.6) is 5.75 Å². The lowest BCUT2D eigenvalue weighted by atomic mass is 9.96. The molecule has 0 bridgehead atoms. The Morgan fingerprint density at radius 3 is 2.32 bits per heavy atom. The van der Waals surface area contributed by atoms with Crippen molar-refractivity contribution in [3.8, 4) is 5.75 Å². The first kappa shape index (κ1) is 25.5. The molecule has 0 radical (unpaired) electrons. The maximum atomic E-state index is 13.0. The largest absolute Gasteiger partial charge is 0.494 e. The molecular formula is C24H31N3O6S. The van der Waals surface area contributed by atoms with Crippen LogP contribution >= 0.6 is 0 Å². The number of anilines is 2. The number of ether oxygens (including phenoxy) is 2. The molecule has 0 aliphatic heterocycles. The zero-order chi connectivity index (χ0) is 24.7. The van der Waals surface area contributed by atoms with Crippen molar-refractivity contribution in [3.05, 3.63) is 48.0 Å². The molecule has 10 heteroatoms. The van der Waals surface area contributed by atoms with Gasteiger partial charge in [0.1, 0.15) is 5.75 Å². The first-order valence-corrected chi connectivity index (χ1v) is 12.7. The van der Waals surface area contributed by atoms with Crippen molar-refractivity contribution in [3.63, 3.8) is 0 Å². The number of sulfonamides is 1. The highest BCUT2D eigenvalue weighted by Crippen LogP contribution is 2.29. The predicted molar refractivity (Wildman–Crippen MR) is 130 cm³/mol. The van der Waals surface area contributed by atoms with E-state index in [1.807, 2.05) is 0 Å². The first-order chi connectivity index (χ1) is 16.3. The molecule has 3 rings (SSSR count). The Morgan fingerprint density at radius 2 is 1.71 bits per heavy atom. The van der Waals surface area contributed by atoms with E-state index in [0.29, 0.717) is 22.7 Å². The van der Waals surface area contributed by atoms with Crippen LogP contribution in [0.25, 0.3) is 0 Å². The summed E-state index contributed by atoms with van der Waals surface area (Å²) in [4.78, 5) is 24.5. The Balaban J connectivity index is 1.69. The van der Waals surface area contributed by atoms with Crippen LogP contribution in [-0.4, -0.2) is 51.5 Å². The molecule has 1 aliphatic rings. The third-order valence-corrected chi connectivity index (χ3v) is 7.78. The lowest BCUT2D eigenvalue weighted by Gasteiger charge is -2.30. The normalized spacial score (nSPS) is 14.5. The molecule has 2 aromatic rings. The smallest absolute Gasteiger partial charge is 0.411 e. The van der Waals surface area contributed by atoms with Gasteiger partial charge in [0.15, 0.2) is 0 Å². The van der Waals surface area contributed by atoms with Crippen LogP contribution in [-0.2, 0) is 14.8 Å². The quantitative estimate of drug-likeness (QED) is 0.566. The van der Waals surface area contributed by atoms with Crippen molar-refractivity contribution < 1.29 is 27.5 Å². The zero-order valence-corrected chi connectivity index (χ0v) is 20.5. The molecule has 0 aromatic heterocycles. The second-order valence-electron chi connectivity index (χ2n) is 8.05. The van der Waals surface area contributed by atoms with Gasteiger partial charge in [-0.15, -0.1) is 0 Å². The number of benzene rings is 2. The number of carbonyl (C=O) groups is 2. The molecule has 2 N–H and O–H groups in total. The Kier molecular flexibility index (Phi) is 8.51. The van der Waals surface area contributed by atoms with Gasteiger partial charge in [0.25, 0.3) is 5.91 Å². The van der Waals surface area contributed by atoms with Crippen molar-refractivity contribution in [2.24, 2.45) is 0 Å². The molecule has 2 amide bonds. The molecule has 1 fully saturated rings. The molecule has 184 valence electrons. The summed E-state index contributed by atoms with van der Waals surface area (Å²) >= 11 is 0. The van der Waals surface area contributed by atoms with Crippen LogP contribution in [0.3, 0.4) is 0 Å². The van der Waals surface area contributed by atoms with Gasteiger partial charge >= 0.3 is 6.09 Å². The molecule has 0 unspecified atom stereocenters. The highest BCUT2D eigenvalue weighted by molar-refractivity contribution is 7.89. The average molecular weight is 490 g/mol. The second kappa shape index (κ2) is 11.3. The van der Waals surface area contributed by atoms with E-state index in [-0.39, 0.29) is 17.5 Å². The number of hydrogen-bond acceptors (Lipinski definition) is 6. The minimum atomic E-state index is -3.63. The van der Waals surface area contributed by atoms with Crippen LogP contribution in [0, 0.1) is 0 Å². The molecular weight excluding hydrogens is 458 g/mol. The number of rotatable bonds is 8. The molecule has 2 aromatic carbocycles. The molecule has 34 heavy (non-hydrogen) atoms. The Morgan fingerprint density at radius 1 is 1.03 bits per heavy atom. The zero-order valence-electron chi connectivity index (χ0n) is 19.7. The molecule has 0 spiro atoms. The maximum Gasteiger partial charge on any atom is 0.411 e. The van der Waals surface area contributed by atoms with E-state index < -0.39 is 22.0 Å². The van der Waals surface area contributed by atoms with Gasteiger partial charge in [-0.05, 0) is 56.2 Å². The van der Waals surface area contributed by atoms with Crippen LogP contribution < -0.4 is 15.4 Å². The van der Waals surface area contributed by atoms with E-state index in [9.17, 15) is 18.0 Å². The summed E-state index contributed by atoms with van der Waals surface area (Å²) in [5.41, 5.74) is 1.16. The standard InChI is InChI=1S/C24H31N3O6S/c1-4-33-24(29)26-21-15-12-18(16-22(21)32-3)25-23(28)17-10-13-20(14-11-17)34(30,31)27(2)19-8-6-5-7-9-19/h10-16,19H,4-9H2,1-3H3,(H,25,28)(H,26,29). The van der Waals surface area contributed by atoms with Gasteiger partial charge in [-0.1, -0.05) is 19.3 Å². The minimum Gasteiger partial charge on any atom is -0.494 e. The van der Waals surface area contributed by atoms with Gasteiger partial charge in [0.2, 0.25) is 10.0 Å². The fourth-order valence-corrected chi connectivity index (χ4v) is 5.35. The average Bonchev–Trinajstić information content (AvgIpc) is 2.85. The third kappa shape index (κ3) is 6.06. The van der Waals surface area contributed by atoms with Crippen molar-refractivity contribution in [1.29, 1.82) is 0 Å². The van der Waals surface area contributed by atoms with Gasteiger partial charge in [-0.3, -0.25) is 10.1 Å². The third-order valence-electron chi connectivity index (χ3n) is 5.85. The van der Waals surface area contributed by atoms with E-state index in [1.165, 1.54) is 35.7 Å². The number of nitrogens with one attached hydrogen (secondary N) is 2. The molecule has 0 heterocycles. The topological polar surface area (TPSA) is 114 Å². The van der Waals surface area contributed by atoms with Crippen molar-refractivity contribution in [1.82, 2.24) is 4.31 Å². The molecule has 9 nitrogen and oxygen atoms in total. The second-order valence-corrected chi connectivity index (χ2v) is 10.0. The lowest BCUT2D eigenvalue weighted by Crippen LogP contribution is -2.38. The first-order valence-electron chi connectivity index (χ1n) is 11.3. The molecule has 1 aliphatic carbocycles. The molecule has 1 saturated carbocycles. The summed E-state index contributed by atoms with van der Waals surface area (Å²) in [7, 11) is -0.558. The van der Waals surface area contributed by atoms with Crippen molar-refractivity contribution in [2.45, 2.75) is 50.0 Å². The van der Waals surface area contributed by atoms with E-state index in [1.54, 1.807) is 32.2 Å². The van der Waals surface area contributed by atoms with Gasteiger partial charge in [0.05, 0.1) is 24.3 Å². The van der Waals surface area contributed by atoms with Crippen LogP contribution in [0.2, 0.25) is 0 Å². The number of nitrogens with zero attached hydrogens (tertiary/aromatic N) is 1. The highest BCUT2D eigenvalue weighted by Gasteiger charge is 2.29. The summed E-state index contributed by atoms with van der Waals surface area (Å²) < 4.78 is 37.6. The number of methoxy groups -OCH3 is 1. The van der Waals surface area contributed by atoms with E-state index >= 15 is 0 Å². The number of amides is 2. The van der Waals surface area contributed by atoms with Gasteiger partial charge < -0.3 is 14.8 Å². The SMILES string of the molecule is CCOC(=O)Nc1ccc(NC(=O)c2ccc(S(=O)(=O)N(C)C3CCCCC3)cc2)cc1OC. The van der Waals surface area contributed by atoms with Gasteiger partial charge in [0, 0.05) is 30.4 Å². The fraction of sp³-hybridized carbons (Fsp3) is 0.417. The fourth-order valence-electron chi connectivity index (χ4n) is 3.94. The van der Waals surface area contributed by atoms with Crippen LogP contribution in [0.4, 0.5) is 16.2 Å². The summed E-state index contributed by atoms with van der Waals surface area (Å²) in [5.74, 6) is -0.0595. The highest BCUT2D eigenvalue weighted by atomic mass is 32.2. The number of carbonyl (C=O) groups excluding carboxylic acids is 2. The van der Waals surface area contributed by atoms with E-state index in [0.717, 1.165) is 32.1 Å². The number of hydrogen-bond donors (Lipinski definition) is 2. The predicted octanol–water partition coefficient (Wildman–Crippen LogP) is 4.47. The summed E-state index contributed by atoms with van der Waals surface area (Å²) in [6.45, 7) is 1.94. The molecule has 0 saturated heterocycles. The summed E-state index contributed by atoms with van der Waals surface area (Å²) in [6, 6.07) is 10.7. The maximum absolute atomic E-state index is 13.0. The lowest BCUT2D eigenvalue weighted by molar-refractivity contribution is 0.102. The van der Waals surface area contributed by atoms with Crippen LogP contribution in [0.15, 0.2) is 47.4 Å². The molecule has 0 atom stereocenters. The van der Waals surface area contributed by atoms with Crippen molar-refractivity contribution in [2.75, 3.05) is 31.4 Å². The Bertz CT molecular complexity index is 1110. The monoisotopic (exact) mass is 489 g/mol. The van der Waals surface area contributed by atoms with Crippen LogP contribution in [0.1, 0.15) is 49.4 Å². The Labute approximate surface area is 200 Å². The summed E-state index contributed by atoms with van der Waals surface area (Å²) in [5, 5.41) is 5.32. The van der Waals surface area contributed by atoms with E-state index in [2.05, 4.69) is 10.6 Å². The Hall–Kier alpha value is -3.11.